The lowest BCUT2D eigenvalue weighted by molar-refractivity contribution is -0.132. The van der Waals surface area contributed by atoms with Crippen molar-refractivity contribution < 1.29 is 9.90 Å². The zero-order chi connectivity index (χ0) is 20.2. The Bertz CT molecular complexity index is 815. The number of aromatic nitrogens is 3. The maximum absolute atomic E-state index is 13.0. The van der Waals surface area contributed by atoms with Crippen LogP contribution in [-0.4, -0.2) is 31.5 Å². The van der Waals surface area contributed by atoms with Crippen molar-refractivity contribution in [1.29, 1.82) is 0 Å². The summed E-state index contributed by atoms with van der Waals surface area (Å²) in [5.41, 5.74) is -0.583. The second-order valence-corrected chi connectivity index (χ2v) is 10.6. The molecule has 0 saturated heterocycles. The number of rotatable bonds is 3. The highest BCUT2D eigenvalue weighted by atomic mass is 16.3. The molecule has 1 unspecified atom stereocenters. The van der Waals surface area contributed by atoms with Crippen molar-refractivity contribution in [1.82, 2.24) is 15.0 Å². The molecule has 1 heterocycles. The predicted octanol–water partition coefficient (Wildman–Crippen LogP) is 3.48. The van der Waals surface area contributed by atoms with E-state index in [1.807, 2.05) is 0 Å². The lowest BCUT2D eigenvalue weighted by atomic mass is 9.46. The van der Waals surface area contributed by atoms with Crippen molar-refractivity contribution in [3.05, 3.63) is 12.4 Å². The summed E-state index contributed by atoms with van der Waals surface area (Å²) in [5.74, 6) is 6.50. The molecule has 0 aliphatic heterocycles. The molecule has 156 valence electrons. The summed E-state index contributed by atoms with van der Waals surface area (Å²) < 4.78 is 1.67. The average Bonchev–Trinajstić information content (AvgIpc) is 3.38. The number of nitrogens with zero attached hydrogens (tertiary/aromatic N) is 3. The van der Waals surface area contributed by atoms with E-state index in [1.165, 1.54) is 32.1 Å². The molecule has 1 aromatic rings. The van der Waals surface area contributed by atoms with E-state index < -0.39 is 5.60 Å². The van der Waals surface area contributed by atoms with Gasteiger partial charge in [0.2, 0.25) is 0 Å². The molecule has 29 heavy (non-hydrogen) atoms. The van der Waals surface area contributed by atoms with Crippen LogP contribution in [0.15, 0.2) is 12.4 Å². The van der Waals surface area contributed by atoms with Gasteiger partial charge in [-0.15, -0.1) is 11.5 Å². The van der Waals surface area contributed by atoms with E-state index in [2.05, 4.69) is 23.2 Å². The van der Waals surface area contributed by atoms with Gasteiger partial charge < -0.3 is 5.11 Å². The molecule has 8 atom stereocenters. The van der Waals surface area contributed by atoms with Gasteiger partial charge in [0.25, 0.3) is 0 Å². The Hall–Kier alpha value is -1.67. The summed E-state index contributed by atoms with van der Waals surface area (Å²) in [5, 5.41) is 18.5. The van der Waals surface area contributed by atoms with Gasteiger partial charge in [0.15, 0.2) is 5.78 Å². The second kappa shape index (κ2) is 6.94. The minimum absolute atomic E-state index is 0.202. The Morgan fingerprint density at radius 1 is 1.17 bits per heavy atom. The molecule has 4 fully saturated rings. The minimum atomic E-state index is -0.888. The molecule has 5 heteroatoms. The van der Waals surface area contributed by atoms with Gasteiger partial charge in [-0.3, -0.25) is 4.79 Å². The maximum atomic E-state index is 13.0. The van der Waals surface area contributed by atoms with Crippen LogP contribution in [0.3, 0.4) is 0 Å². The number of hydrogen-bond acceptors (Lipinski definition) is 4. The van der Waals surface area contributed by atoms with Crippen molar-refractivity contribution in [2.45, 2.75) is 76.9 Å². The normalized spacial score (nSPS) is 46.2. The molecule has 0 spiro atoms. The summed E-state index contributed by atoms with van der Waals surface area (Å²) in [6.07, 6.45) is 18.7. The van der Waals surface area contributed by atoms with E-state index in [9.17, 15) is 9.90 Å². The minimum Gasteiger partial charge on any atom is -0.378 e. The Kier molecular flexibility index (Phi) is 4.62. The third kappa shape index (κ3) is 3.06. The maximum Gasteiger partial charge on any atom is 0.157 e. The Labute approximate surface area is 173 Å². The van der Waals surface area contributed by atoms with Crippen molar-refractivity contribution in [3.63, 3.8) is 0 Å². The summed E-state index contributed by atoms with van der Waals surface area (Å²) in [6, 6.07) is 0. The van der Waals surface area contributed by atoms with Gasteiger partial charge in [0.05, 0.1) is 6.20 Å². The second-order valence-electron chi connectivity index (χ2n) is 10.6. The number of carbonyl (C=O) groups excluding carboxylic acids is 1. The first kappa shape index (κ1) is 19.3. The van der Waals surface area contributed by atoms with Crippen LogP contribution in [0, 0.1) is 53.3 Å². The lowest BCUT2D eigenvalue weighted by Gasteiger charge is -2.59. The molecule has 5 rings (SSSR count). The molecule has 4 aliphatic rings. The third-order valence-corrected chi connectivity index (χ3v) is 9.52. The molecule has 4 aliphatic carbocycles. The van der Waals surface area contributed by atoms with Gasteiger partial charge in [-0.05, 0) is 92.8 Å². The van der Waals surface area contributed by atoms with Gasteiger partial charge in [0.1, 0.15) is 12.1 Å². The number of hydrogen-bond donors (Lipinski definition) is 1. The number of aliphatic hydroxyl groups is 1. The first-order chi connectivity index (χ1) is 13.9. The summed E-state index contributed by atoms with van der Waals surface area (Å²) in [4.78, 5) is 13.0. The molecule has 4 saturated carbocycles. The monoisotopic (exact) mass is 395 g/mol. The van der Waals surface area contributed by atoms with Crippen molar-refractivity contribution in [2.75, 3.05) is 0 Å². The van der Waals surface area contributed by atoms with E-state index in [-0.39, 0.29) is 5.92 Å². The Morgan fingerprint density at radius 2 is 1.97 bits per heavy atom. The Morgan fingerprint density at radius 3 is 2.72 bits per heavy atom. The van der Waals surface area contributed by atoms with Crippen LogP contribution >= 0.6 is 0 Å². The van der Waals surface area contributed by atoms with Gasteiger partial charge in [-0.1, -0.05) is 18.1 Å². The van der Waals surface area contributed by atoms with Gasteiger partial charge in [-0.25, -0.2) is 4.68 Å². The summed E-state index contributed by atoms with van der Waals surface area (Å²) >= 11 is 0. The number of ketones is 1. The number of Topliss-reactive ketones (excluding diaryl/α,β-unsaturated/α-hetero) is 1. The molecule has 0 amide bonds. The zero-order valence-corrected chi connectivity index (χ0v) is 17.5. The van der Waals surface area contributed by atoms with Gasteiger partial charge in [0, 0.05) is 12.1 Å². The molecule has 0 aromatic carbocycles. The quantitative estimate of drug-likeness (QED) is 0.796. The zero-order valence-electron chi connectivity index (χ0n) is 17.5. The Balaban J connectivity index is 1.31. The predicted molar refractivity (Wildman–Crippen MR) is 109 cm³/mol. The van der Waals surface area contributed by atoms with E-state index in [0.717, 1.165) is 37.5 Å². The fraction of sp³-hybridized carbons (Fsp3) is 0.792. The highest BCUT2D eigenvalue weighted by molar-refractivity contribution is 5.81. The largest absolute Gasteiger partial charge is 0.378 e. The van der Waals surface area contributed by atoms with E-state index in [1.54, 1.807) is 17.1 Å². The molecule has 1 N–H and O–H groups in total. The molecule has 1 aromatic heterocycles. The fourth-order valence-corrected chi connectivity index (χ4v) is 8.03. The van der Waals surface area contributed by atoms with Crippen LogP contribution in [0.2, 0.25) is 0 Å². The van der Waals surface area contributed by atoms with Gasteiger partial charge in [-0.2, -0.15) is 0 Å². The van der Waals surface area contributed by atoms with E-state index in [4.69, 9.17) is 6.42 Å². The van der Waals surface area contributed by atoms with Crippen LogP contribution in [0.4, 0.5) is 0 Å². The fourth-order valence-electron chi connectivity index (χ4n) is 8.03. The smallest absolute Gasteiger partial charge is 0.157 e. The topological polar surface area (TPSA) is 68.0 Å². The van der Waals surface area contributed by atoms with Crippen LogP contribution in [0.5, 0.6) is 0 Å². The first-order valence-electron chi connectivity index (χ1n) is 11.5. The third-order valence-electron chi connectivity index (χ3n) is 9.52. The molecular weight excluding hydrogens is 362 g/mol. The van der Waals surface area contributed by atoms with Crippen molar-refractivity contribution >= 4 is 5.78 Å². The average molecular weight is 396 g/mol. The van der Waals surface area contributed by atoms with Crippen molar-refractivity contribution in [3.8, 4) is 12.3 Å². The summed E-state index contributed by atoms with van der Waals surface area (Å²) in [7, 11) is 0. The van der Waals surface area contributed by atoms with Crippen LogP contribution in [-0.2, 0) is 11.3 Å². The number of carbonyl (C=O) groups is 1. The SMILES string of the molecule is C#C[C@@]1(O)CC[C@@]2(C)[C@H](CC[C@H]3[C@@H]4CCC(C(=O)Cn5ccnn5)[C@H]4CC[C@@H]32)C1. The molecular formula is C24H33N3O2. The van der Waals surface area contributed by atoms with E-state index >= 15 is 0 Å². The number of terminal acetylenes is 1. The highest BCUT2D eigenvalue weighted by Gasteiger charge is 2.58. The summed E-state index contributed by atoms with van der Waals surface area (Å²) in [6.45, 7) is 2.85. The first-order valence-corrected chi connectivity index (χ1v) is 11.5. The van der Waals surface area contributed by atoms with Crippen LogP contribution < -0.4 is 0 Å². The molecule has 0 bridgehead atoms. The molecule has 0 radical (unpaired) electrons. The number of fused-ring (bicyclic) bond motifs is 5. The van der Waals surface area contributed by atoms with Crippen LogP contribution in [0.1, 0.15) is 64.7 Å². The lowest BCUT2D eigenvalue weighted by Crippen LogP contribution is -2.54. The van der Waals surface area contributed by atoms with E-state index in [0.29, 0.717) is 35.5 Å². The standard InChI is InChI=1S/C24H33N3O2/c1-3-24(29)11-10-23(2)16(14-24)4-5-19-17-6-7-20(18(17)8-9-21(19)23)22(28)15-27-13-12-25-26-27/h1,12-13,16-21,29H,4-11,14-15H2,2H3/t16-,17-,18+,19+,20?,21+,23+,24-/m1/s1. The van der Waals surface area contributed by atoms with Crippen LogP contribution in [0.25, 0.3) is 0 Å². The molecule has 5 nitrogen and oxygen atoms in total. The van der Waals surface area contributed by atoms with Crippen molar-refractivity contribution in [2.24, 2.45) is 40.9 Å². The van der Waals surface area contributed by atoms with Gasteiger partial charge >= 0.3 is 0 Å². The highest BCUT2D eigenvalue weighted by Crippen LogP contribution is 2.64.